The first-order valence-electron chi connectivity index (χ1n) is 15.2. The number of piperidine rings is 1. The highest BCUT2D eigenvalue weighted by Gasteiger charge is 2.43. The minimum atomic E-state index is -0.755. The zero-order valence-corrected chi connectivity index (χ0v) is 25.8. The topological polar surface area (TPSA) is 176 Å². The van der Waals surface area contributed by atoms with Gasteiger partial charge in [0.05, 0.1) is 34.2 Å². The summed E-state index contributed by atoms with van der Waals surface area (Å²) >= 11 is 1.55. The van der Waals surface area contributed by atoms with Gasteiger partial charge in [0.1, 0.15) is 12.2 Å². The lowest BCUT2D eigenvalue weighted by Gasteiger charge is -2.39. The summed E-state index contributed by atoms with van der Waals surface area (Å²) in [4.78, 5) is 30.1. The molecule has 2 saturated carbocycles. The molecule has 7 rings (SSSR count). The highest BCUT2D eigenvalue weighted by molar-refractivity contribution is 7.18. The summed E-state index contributed by atoms with van der Waals surface area (Å²) in [7, 11) is 0. The van der Waals surface area contributed by atoms with Crippen LogP contribution in [0.2, 0.25) is 0 Å². The maximum Gasteiger partial charge on any atom is 0.404 e. The maximum absolute atomic E-state index is 11.8. The lowest BCUT2D eigenvalue weighted by Crippen LogP contribution is -2.52. The average molecular weight is 627 g/mol. The lowest BCUT2D eigenvalue weighted by atomic mass is 9.77. The summed E-state index contributed by atoms with van der Waals surface area (Å²) in [6, 6.07) is 10.2. The fourth-order valence-electron chi connectivity index (χ4n) is 7.10. The van der Waals surface area contributed by atoms with Crippen molar-refractivity contribution in [1.82, 2.24) is 30.1 Å². The molecule has 3 fully saturated rings. The van der Waals surface area contributed by atoms with Crippen molar-refractivity contribution in [2.45, 2.75) is 57.7 Å². The number of rotatable bonds is 8. The molecular formula is C31H34N10O3S. The molecular weight excluding hydrogens is 592 g/mol. The van der Waals surface area contributed by atoms with Crippen molar-refractivity contribution in [3.63, 3.8) is 0 Å². The number of pyridine rings is 1. The SMILES string of the molecule is CC(=O)NC1[C@@H]2CC[C@@H]1CN(c1nnc(-c3cnc(-c4ccc5cc(C#N)cnn45)cc3NC3CC(C(C)OC(N)=O)C3)s1)C2. The second-order valence-electron chi connectivity index (χ2n) is 12.4. The predicted molar refractivity (Wildman–Crippen MR) is 168 cm³/mol. The van der Waals surface area contributed by atoms with Crippen LogP contribution < -0.4 is 21.3 Å². The van der Waals surface area contributed by atoms with Crippen LogP contribution in [-0.4, -0.2) is 68.1 Å². The highest BCUT2D eigenvalue weighted by Crippen LogP contribution is 2.42. The second kappa shape index (κ2) is 11.6. The van der Waals surface area contributed by atoms with Gasteiger partial charge in [-0.3, -0.25) is 9.78 Å². The number of aromatic nitrogens is 5. The molecule has 2 aliphatic carbocycles. The van der Waals surface area contributed by atoms with Gasteiger partial charge < -0.3 is 26.0 Å². The number of amides is 2. The number of carbonyl (C=O) groups is 2. The molecule has 0 aromatic carbocycles. The van der Waals surface area contributed by atoms with Crippen molar-refractivity contribution in [2.24, 2.45) is 23.5 Å². The highest BCUT2D eigenvalue weighted by atomic mass is 32.1. The summed E-state index contributed by atoms with van der Waals surface area (Å²) in [6.07, 6.45) is 6.22. The molecule has 3 atom stereocenters. The Labute approximate surface area is 263 Å². The normalized spacial score (nSPS) is 24.5. The first-order valence-corrected chi connectivity index (χ1v) is 16.0. The molecule has 4 N–H and O–H groups in total. The number of hydrogen-bond donors (Lipinski definition) is 3. The predicted octanol–water partition coefficient (Wildman–Crippen LogP) is 3.81. The number of carbonyl (C=O) groups excluding carboxylic acids is 2. The van der Waals surface area contributed by atoms with Crippen LogP contribution in [0.5, 0.6) is 0 Å². The van der Waals surface area contributed by atoms with Crippen LogP contribution in [0.1, 0.15) is 45.1 Å². The summed E-state index contributed by atoms with van der Waals surface area (Å²) in [5.41, 5.74) is 9.78. The number of nitrogens with one attached hydrogen (secondary N) is 2. The molecule has 3 aliphatic rings. The number of hydrogen-bond acceptors (Lipinski definition) is 11. The molecule has 2 amide bonds. The first-order chi connectivity index (χ1) is 21.7. The Morgan fingerprint density at radius 2 is 1.93 bits per heavy atom. The molecule has 1 saturated heterocycles. The van der Waals surface area contributed by atoms with E-state index >= 15 is 0 Å². The van der Waals surface area contributed by atoms with Crippen molar-refractivity contribution in [2.75, 3.05) is 23.3 Å². The van der Waals surface area contributed by atoms with Gasteiger partial charge in [0.15, 0.2) is 5.01 Å². The van der Waals surface area contributed by atoms with E-state index in [2.05, 4.69) is 36.9 Å². The van der Waals surface area contributed by atoms with Crippen LogP contribution in [0, 0.1) is 29.1 Å². The number of primary amides is 1. The Bertz CT molecular complexity index is 1790. The summed E-state index contributed by atoms with van der Waals surface area (Å²) in [5.74, 6) is 1.06. The average Bonchev–Trinajstić information content (AvgIpc) is 3.69. The number of fused-ring (bicyclic) bond motifs is 3. The van der Waals surface area contributed by atoms with Gasteiger partial charge in [-0.2, -0.15) is 10.4 Å². The molecule has 14 heteroatoms. The molecule has 0 spiro atoms. The standard InChI is InChI=1S/C31H34N10O3S/c1-16(44-30(33)43)21-8-22(9-21)37-25-10-26(27-6-5-23-7-18(11-32)12-35-41(23)27)34-13-24(25)29-38-39-31(45-29)40-14-19-3-4-20(15-40)28(19)36-17(2)42/h5-7,10,12-13,16,19-22,28H,3-4,8-9,14-15H2,1-2H3,(H2,33,43)(H,34,37)(H,36,42)/t16?,19-,20-,21?,22?/m1/s1. The van der Waals surface area contributed by atoms with Crippen LogP contribution in [0.25, 0.3) is 27.5 Å². The van der Waals surface area contributed by atoms with Gasteiger partial charge in [-0.1, -0.05) is 11.3 Å². The van der Waals surface area contributed by atoms with Crippen molar-refractivity contribution in [3.05, 3.63) is 42.2 Å². The third kappa shape index (κ3) is 5.64. The van der Waals surface area contributed by atoms with Gasteiger partial charge in [-0.25, -0.2) is 9.31 Å². The smallest absolute Gasteiger partial charge is 0.404 e. The van der Waals surface area contributed by atoms with Gasteiger partial charge in [0.2, 0.25) is 11.0 Å². The fraction of sp³-hybridized carbons (Fsp3) is 0.452. The Morgan fingerprint density at radius 3 is 2.64 bits per heavy atom. The largest absolute Gasteiger partial charge is 0.446 e. The van der Waals surface area contributed by atoms with Crippen molar-refractivity contribution in [1.29, 1.82) is 5.26 Å². The lowest BCUT2D eigenvalue weighted by molar-refractivity contribution is -0.120. The molecule has 13 nitrogen and oxygen atoms in total. The summed E-state index contributed by atoms with van der Waals surface area (Å²) < 4.78 is 6.98. The van der Waals surface area contributed by atoms with E-state index < -0.39 is 6.09 Å². The van der Waals surface area contributed by atoms with Crippen LogP contribution in [0.15, 0.2) is 36.7 Å². The zero-order chi connectivity index (χ0) is 31.2. The van der Waals surface area contributed by atoms with Crippen LogP contribution >= 0.6 is 11.3 Å². The van der Waals surface area contributed by atoms with Crippen molar-refractivity contribution >= 4 is 39.7 Å². The third-order valence-corrected chi connectivity index (χ3v) is 10.4. The minimum Gasteiger partial charge on any atom is -0.446 e. The van der Waals surface area contributed by atoms with Gasteiger partial charge in [-0.15, -0.1) is 10.2 Å². The second-order valence-corrected chi connectivity index (χ2v) is 13.3. The molecule has 1 aliphatic heterocycles. The molecule has 2 bridgehead atoms. The molecule has 4 aromatic heterocycles. The molecule has 1 unspecified atom stereocenters. The molecule has 45 heavy (non-hydrogen) atoms. The van der Waals surface area contributed by atoms with E-state index in [0.29, 0.717) is 17.4 Å². The number of anilines is 2. The van der Waals surface area contributed by atoms with Gasteiger partial charge in [-0.05, 0) is 74.6 Å². The first kappa shape index (κ1) is 29.0. The van der Waals surface area contributed by atoms with Crippen LogP contribution in [0.3, 0.4) is 0 Å². The Balaban J connectivity index is 1.16. The van der Waals surface area contributed by atoms with Crippen molar-refractivity contribution < 1.29 is 14.3 Å². The molecule has 4 aromatic rings. The van der Waals surface area contributed by atoms with E-state index in [1.807, 2.05) is 31.3 Å². The van der Waals surface area contributed by atoms with E-state index in [1.165, 1.54) is 0 Å². The number of nitrogens with zero attached hydrogens (tertiary/aromatic N) is 7. The van der Waals surface area contributed by atoms with Gasteiger partial charge >= 0.3 is 6.09 Å². The minimum absolute atomic E-state index is 0.0306. The quantitative estimate of drug-likeness (QED) is 0.261. The third-order valence-electron chi connectivity index (χ3n) is 9.41. The molecule has 5 heterocycles. The van der Waals surface area contributed by atoms with E-state index in [9.17, 15) is 14.9 Å². The van der Waals surface area contributed by atoms with E-state index in [-0.39, 0.29) is 30.0 Å². The van der Waals surface area contributed by atoms with Gasteiger partial charge in [0.25, 0.3) is 0 Å². The van der Waals surface area contributed by atoms with Gasteiger partial charge in [0, 0.05) is 44.0 Å². The number of nitrogens with two attached hydrogens (primary N) is 1. The number of nitriles is 1. The summed E-state index contributed by atoms with van der Waals surface area (Å²) in [5, 5.41) is 31.4. The number of ether oxygens (including phenoxy) is 1. The Kier molecular flexibility index (Phi) is 7.48. The van der Waals surface area contributed by atoms with Crippen LogP contribution in [-0.2, 0) is 9.53 Å². The zero-order valence-electron chi connectivity index (χ0n) is 25.0. The van der Waals surface area contributed by atoms with E-state index in [1.54, 1.807) is 35.0 Å². The maximum atomic E-state index is 11.8. The molecule has 232 valence electrons. The monoisotopic (exact) mass is 626 g/mol. The Hall–Kier alpha value is -4.77. The Morgan fingerprint density at radius 1 is 1.16 bits per heavy atom. The van der Waals surface area contributed by atoms with Crippen molar-refractivity contribution in [3.8, 4) is 28.0 Å². The molecule has 0 radical (unpaired) electrons. The van der Waals surface area contributed by atoms with E-state index in [0.717, 1.165) is 77.1 Å². The fourth-order valence-corrected chi connectivity index (χ4v) is 7.99. The summed E-state index contributed by atoms with van der Waals surface area (Å²) in [6.45, 7) is 5.15. The van der Waals surface area contributed by atoms with E-state index in [4.69, 9.17) is 15.5 Å². The van der Waals surface area contributed by atoms with Crippen LogP contribution in [0.4, 0.5) is 15.6 Å².